The van der Waals surface area contributed by atoms with Gasteiger partial charge in [-0.25, -0.2) is 9.78 Å². The van der Waals surface area contributed by atoms with Gasteiger partial charge in [-0.05, 0) is 42.3 Å². The molecule has 0 saturated heterocycles. The van der Waals surface area contributed by atoms with Crippen LogP contribution < -0.4 is 4.74 Å². The van der Waals surface area contributed by atoms with E-state index in [0.717, 1.165) is 11.1 Å². The second kappa shape index (κ2) is 6.36. The van der Waals surface area contributed by atoms with E-state index in [9.17, 15) is 23.1 Å². The molecule has 26 heavy (non-hydrogen) atoms. The molecule has 0 bridgehead atoms. The van der Waals surface area contributed by atoms with Gasteiger partial charge >= 0.3 is 12.3 Å². The van der Waals surface area contributed by atoms with E-state index in [1.54, 1.807) is 13.0 Å². The van der Waals surface area contributed by atoms with Crippen LogP contribution in [0.5, 0.6) is 5.75 Å². The lowest BCUT2D eigenvalue weighted by atomic mass is 10.1. The number of alkyl halides is 3. The number of hydrogen-bond acceptors (Lipinski definition) is 3. The van der Waals surface area contributed by atoms with E-state index in [4.69, 9.17) is 0 Å². The number of halogens is 3. The predicted octanol–water partition coefficient (Wildman–Crippen LogP) is 4.07. The Bertz CT molecular complexity index is 976. The summed E-state index contributed by atoms with van der Waals surface area (Å²) in [7, 11) is 1.81. The molecule has 0 amide bonds. The van der Waals surface area contributed by atoms with E-state index < -0.39 is 12.3 Å². The Morgan fingerprint density at radius 1 is 1.23 bits per heavy atom. The molecule has 1 aromatic heterocycles. The second-order valence-electron chi connectivity index (χ2n) is 5.92. The molecule has 0 aliphatic carbocycles. The number of hydrogen-bond donors (Lipinski definition) is 1. The molecule has 5 nitrogen and oxygen atoms in total. The fraction of sp³-hybridized carbons (Fsp3) is 0.222. The molecule has 136 valence electrons. The Morgan fingerprint density at radius 2 is 1.88 bits per heavy atom. The number of rotatable bonds is 4. The summed E-state index contributed by atoms with van der Waals surface area (Å²) in [5.41, 5.74) is 2.93. The largest absolute Gasteiger partial charge is 0.573 e. The maximum absolute atomic E-state index is 12.2. The number of carbonyl (C=O) groups is 1. The maximum atomic E-state index is 12.2. The number of aryl methyl sites for hydroxylation is 2. The van der Waals surface area contributed by atoms with Gasteiger partial charge in [-0.3, -0.25) is 0 Å². The second-order valence-corrected chi connectivity index (χ2v) is 5.92. The van der Waals surface area contributed by atoms with Gasteiger partial charge in [0.2, 0.25) is 0 Å². The van der Waals surface area contributed by atoms with E-state index in [1.165, 1.54) is 30.3 Å². The fourth-order valence-corrected chi connectivity index (χ4v) is 2.77. The summed E-state index contributed by atoms with van der Waals surface area (Å²) in [6.07, 6.45) is -4.34. The third-order valence-electron chi connectivity index (χ3n) is 4.07. The van der Waals surface area contributed by atoms with Gasteiger partial charge in [0, 0.05) is 13.5 Å². The Kier molecular flexibility index (Phi) is 4.35. The number of fused-ring (bicyclic) bond motifs is 1. The summed E-state index contributed by atoms with van der Waals surface area (Å²) in [5, 5.41) is 9.22. The first-order chi connectivity index (χ1) is 12.1. The average Bonchev–Trinajstić information content (AvgIpc) is 2.83. The number of benzene rings is 2. The third kappa shape index (κ3) is 3.63. The summed E-state index contributed by atoms with van der Waals surface area (Å²) in [4.78, 5) is 15.7. The lowest BCUT2D eigenvalue weighted by Crippen LogP contribution is -2.17. The SMILES string of the molecule is Cc1cc2c(cc1C(=O)O)nc(Cc1ccc(OC(F)(F)F)cc1)n2C. The van der Waals surface area contributed by atoms with Crippen molar-refractivity contribution in [2.45, 2.75) is 19.7 Å². The van der Waals surface area contributed by atoms with Crippen LogP contribution in [0.25, 0.3) is 11.0 Å². The van der Waals surface area contributed by atoms with Crippen molar-refractivity contribution in [2.75, 3.05) is 0 Å². The molecule has 0 aliphatic rings. The van der Waals surface area contributed by atoms with Crippen LogP contribution in [0.1, 0.15) is 27.3 Å². The summed E-state index contributed by atoms with van der Waals surface area (Å²) < 4.78 is 42.3. The number of carboxylic acid groups (broad SMARTS) is 1. The molecule has 1 heterocycles. The normalized spacial score (nSPS) is 11.7. The number of carboxylic acids is 1. The molecule has 2 aromatic carbocycles. The molecule has 0 saturated carbocycles. The third-order valence-corrected chi connectivity index (χ3v) is 4.07. The minimum Gasteiger partial charge on any atom is -0.478 e. The predicted molar refractivity (Wildman–Crippen MR) is 88.3 cm³/mol. The van der Waals surface area contributed by atoms with E-state index in [-0.39, 0.29) is 11.3 Å². The zero-order chi connectivity index (χ0) is 19.1. The Balaban J connectivity index is 1.89. The number of nitrogens with zero attached hydrogens (tertiary/aromatic N) is 2. The van der Waals surface area contributed by atoms with Crippen LogP contribution in [0.15, 0.2) is 36.4 Å². The molecule has 0 fully saturated rings. The highest BCUT2D eigenvalue weighted by molar-refractivity contribution is 5.94. The molecular formula is C18H15F3N2O3. The number of imidazole rings is 1. The van der Waals surface area contributed by atoms with Crippen LogP contribution in [0.4, 0.5) is 13.2 Å². The van der Waals surface area contributed by atoms with Crippen molar-refractivity contribution >= 4 is 17.0 Å². The average molecular weight is 364 g/mol. The van der Waals surface area contributed by atoms with Gasteiger partial charge in [-0.2, -0.15) is 0 Å². The molecule has 0 atom stereocenters. The maximum Gasteiger partial charge on any atom is 0.573 e. The first-order valence-corrected chi connectivity index (χ1v) is 7.68. The standard InChI is InChI=1S/C18H15F3N2O3/c1-10-7-15-14(9-13(10)17(24)25)22-16(23(15)2)8-11-3-5-12(6-4-11)26-18(19,20)21/h3-7,9H,8H2,1-2H3,(H,24,25). The smallest absolute Gasteiger partial charge is 0.478 e. The molecular weight excluding hydrogens is 349 g/mol. The van der Waals surface area contributed by atoms with Crippen molar-refractivity contribution in [3.05, 3.63) is 58.9 Å². The highest BCUT2D eigenvalue weighted by Gasteiger charge is 2.30. The van der Waals surface area contributed by atoms with Gasteiger partial charge in [0.25, 0.3) is 0 Å². The van der Waals surface area contributed by atoms with E-state index in [1.807, 2.05) is 11.6 Å². The van der Waals surface area contributed by atoms with Crippen LogP contribution in [0.3, 0.4) is 0 Å². The van der Waals surface area contributed by atoms with Gasteiger partial charge in [0.1, 0.15) is 11.6 Å². The van der Waals surface area contributed by atoms with Crippen molar-refractivity contribution in [1.29, 1.82) is 0 Å². The van der Waals surface area contributed by atoms with Crippen molar-refractivity contribution in [3.8, 4) is 5.75 Å². The number of ether oxygens (including phenoxy) is 1. The van der Waals surface area contributed by atoms with Crippen LogP contribution in [0.2, 0.25) is 0 Å². The van der Waals surface area contributed by atoms with Gasteiger partial charge in [0.05, 0.1) is 16.6 Å². The minimum absolute atomic E-state index is 0.191. The number of aromatic carboxylic acids is 1. The summed E-state index contributed by atoms with van der Waals surface area (Å²) in [5.74, 6) is -0.628. The zero-order valence-electron chi connectivity index (χ0n) is 14.0. The highest BCUT2D eigenvalue weighted by Crippen LogP contribution is 2.25. The molecule has 0 aliphatic heterocycles. The quantitative estimate of drug-likeness (QED) is 0.758. The van der Waals surface area contributed by atoms with Gasteiger partial charge < -0.3 is 14.4 Å². The first kappa shape index (κ1) is 17.8. The van der Waals surface area contributed by atoms with Crippen LogP contribution >= 0.6 is 0 Å². The Hall–Kier alpha value is -3.03. The number of aromatic nitrogens is 2. The molecule has 3 aromatic rings. The van der Waals surface area contributed by atoms with E-state index >= 15 is 0 Å². The molecule has 0 unspecified atom stereocenters. The molecule has 0 radical (unpaired) electrons. The van der Waals surface area contributed by atoms with E-state index in [2.05, 4.69) is 9.72 Å². The summed E-state index contributed by atoms with van der Waals surface area (Å²) >= 11 is 0. The molecule has 0 spiro atoms. The zero-order valence-corrected chi connectivity index (χ0v) is 14.0. The lowest BCUT2D eigenvalue weighted by molar-refractivity contribution is -0.274. The van der Waals surface area contributed by atoms with Crippen LogP contribution in [-0.4, -0.2) is 27.0 Å². The highest BCUT2D eigenvalue weighted by atomic mass is 19.4. The topological polar surface area (TPSA) is 64.3 Å². The summed E-state index contributed by atoms with van der Waals surface area (Å²) in [6.45, 7) is 1.72. The van der Waals surface area contributed by atoms with Gasteiger partial charge in [-0.1, -0.05) is 12.1 Å². The van der Waals surface area contributed by atoms with Crippen molar-refractivity contribution < 1.29 is 27.8 Å². The van der Waals surface area contributed by atoms with Crippen LogP contribution in [-0.2, 0) is 13.5 Å². The minimum atomic E-state index is -4.72. The summed E-state index contributed by atoms with van der Waals surface area (Å²) in [6, 6.07) is 8.85. The van der Waals surface area contributed by atoms with Crippen molar-refractivity contribution in [2.24, 2.45) is 7.05 Å². The lowest BCUT2D eigenvalue weighted by Gasteiger charge is -2.09. The Morgan fingerprint density at radius 3 is 2.46 bits per heavy atom. The van der Waals surface area contributed by atoms with Gasteiger partial charge in [0.15, 0.2) is 0 Å². The molecule has 8 heteroatoms. The first-order valence-electron chi connectivity index (χ1n) is 7.68. The monoisotopic (exact) mass is 364 g/mol. The van der Waals surface area contributed by atoms with Crippen LogP contribution in [0, 0.1) is 6.92 Å². The van der Waals surface area contributed by atoms with E-state index in [0.29, 0.717) is 23.3 Å². The Labute approximate surface area is 146 Å². The van der Waals surface area contributed by atoms with Crippen molar-refractivity contribution in [3.63, 3.8) is 0 Å². The molecule has 3 rings (SSSR count). The van der Waals surface area contributed by atoms with Gasteiger partial charge in [-0.15, -0.1) is 13.2 Å². The fourth-order valence-electron chi connectivity index (χ4n) is 2.77. The molecule has 1 N–H and O–H groups in total. The van der Waals surface area contributed by atoms with Crippen molar-refractivity contribution in [1.82, 2.24) is 9.55 Å².